The van der Waals surface area contributed by atoms with E-state index in [1.807, 2.05) is 20.8 Å². The molecular formula is C8H11N5. The second kappa shape index (κ2) is 2.48. The molecule has 0 atom stereocenters. The molecular weight excluding hydrogens is 166 g/mol. The molecule has 0 bridgehead atoms. The lowest BCUT2D eigenvalue weighted by Gasteiger charge is -2.15. The third kappa shape index (κ3) is 1.37. The summed E-state index contributed by atoms with van der Waals surface area (Å²) < 4.78 is 0. The number of fused-ring (bicyclic) bond motifs is 1. The number of aromatic nitrogens is 5. The molecule has 0 aliphatic carbocycles. The molecule has 0 fully saturated rings. The Hall–Kier alpha value is -1.52. The van der Waals surface area contributed by atoms with Crippen molar-refractivity contribution in [3.8, 4) is 0 Å². The molecule has 13 heavy (non-hydrogen) atoms. The van der Waals surface area contributed by atoms with E-state index in [2.05, 4.69) is 20.2 Å². The lowest BCUT2D eigenvalue weighted by molar-refractivity contribution is 0.315. The summed E-state index contributed by atoms with van der Waals surface area (Å²) in [6, 6.07) is 0. The SMILES string of the molecule is CC(C)(C)n1nc2cncnc2n1. The average Bonchev–Trinajstić information content (AvgIpc) is 2.45. The maximum atomic E-state index is 4.26. The van der Waals surface area contributed by atoms with Gasteiger partial charge in [0, 0.05) is 0 Å². The minimum Gasteiger partial charge on any atom is -0.242 e. The van der Waals surface area contributed by atoms with E-state index in [0.717, 1.165) is 5.52 Å². The van der Waals surface area contributed by atoms with E-state index < -0.39 is 0 Å². The molecule has 0 saturated heterocycles. The topological polar surface area (TPSA) is 56.5 Å². The van der Waals surface area contributed by atoms with Gasteiger partial charge in [-0.25, -0.2) is 9.97 Å². The number of rotatable bonds is 0. The molecule has 0 aliphatic rings. The van der Waals surface area contributed by atoms with E-state index in [0.29, 0.717) is 5.65 Å². The summed E-state index contributed by atoms with van der Waals surface area (Å²) >= 11 is 0. The molecule has 2 aromatic heterocycles. The van der Waals surface area contributed by atoms with Gasteiger partial charge in [-0.15, -0.1) is 10.2 Å². The van der Waals surface area contributed by atoms with Crippen molar-refractivity contribution < 1.29 is 0 Å². The summed E-state index contributed by atoms with van der Waals surface area (Å²) in [7, 11) is 0. The van der Waals surface area contributed by atoms with Gasteiger partial charge in [0.15, 0.2) is 5.52 Å². The van der Waals surface area contributed by atoms with E-state index in [9.17, 15) is 0 Å². The maximum absolute atomic E-state index is 4.26. The van der Waals surface area contributed by atoms with Crippen molar-refractivity contribution in [2.24, 2.45) is 0 Å². The minimum absolute atomic E-state index is 0.110. The normalized spacial score (nSPS) is 12.2. The second-order valence-corrected chi connectivity index (χ2v) is 3.89. The van der Waals surface area contributed by atoms with Crippen molar-refractivity contribution in [1.82, 2.24) is 25.0 Å². The van der Waals surface area contributed by atoms with Crippen LogP contribution in [0.4, 0.5) is 0 Å². The van der Waals surface area contributed by atoms with Crippen LogP contribution in [0.15, 0.2) is 12.5 Å². The third-order valence-corrected chi connectivity index (χ3v) is 1.66. The average molecular weight is 177 g/mol. The molecule has 2 rings (SSSR count). The van der Waals surface area contributed by atoms with Gasteiger partial charge in [0.2, 0.25) is 5.65 Å². The molecule has 0 N–H and O–H groups in total. The summed E-state index contributed by atoms with van der Waals surface area (Å²) in [5, 5.41) is 8.50. The lowest BCUT2D eigenvalue weighted by atomic mass is 10.1. The van der Waals surface area contributed by atoms with E-state index >= 15 is 0 Å². The predicted octanol–water partition coefficient (Wildman–Crippen LogP) is 0.976. The van der Waals surface area contributed by atoms with Crippen LogP contribution in [0.2, 0.25) is 0 Å². The van der Waals surface area contributed by atoms with Gasteiger partial charge in [0.25, 0.3) is 0 Å². The van der Waals surface area contributed by atoms with Crippen LogP contribution in [0.1, 0.15) is 20.8 Å². The van der Waals surface area contributed by atoms with Crippen molar-refractivity contribution in [1.29, 1.82) is 0 Å². The van der Waals surface area contributed by atoms with E-state index in [-0.39, 0.29) is 5.54 Å². The molecule has 2 heterocycles. The standard InChI is InChI=1S/C8H11N5/c1-8(2,3)13-11-6-4-9-5-10-7(6)12-13/h4-5H,1-3H3. The van der Waals surface area contributed by atoms with Gasteiger partial charge in [-0.2, -0.15) is 4.80 Å². The van der Waals surface area contributed by atoms with E-state index in [4.69, 9.17) is 0 Å². The first-order valence-corrected chi connectivity index (χ1v) is 4.11. The lowest BCUT2D eigenvalue weighted by Crippen LogP contribution is -2.24. The predicted molar refractivity (Wildman–Crippen MR) is 48.1 cm³/mol. The van der Waals surface area contributed by atoms with Gasteiger partial charge >= 0.3 is 0 Å². The molecule has 0 unspecified atom stereocenters. The Bertz CT molecular complexity index is 392. The molecule has 0 spiro atoms. The molecule has 5 heteroatoms. The zero-order chi connectivity index (χ0) is 9.47. The molecule has 0 amide bonds. The zero-order valence-electron chi connectivity index (χ0n) is 7.89. The fourth-order valence-corrected chi connectivity index (χ4v) is 0.978. The van der Waals surface area contributed by atoms with E-state index in [1.165, 1.54) is 6.33 Å². The van der Waals surface area contributed by atoms with Crippen LogP contribution in [0.5, 0.6) is 0 Å². The Morgan fingerprint density at radius 2 is 2.00 bits per heavy atom. The zero-order valence-corrected chi connectivity index (χ0v) is 7.89. The third-order valence-electron chi connectivity index (χ3n) is 1.66. The molecule has 0 aliphatic heterocycles. The first kappa shape index (κ1) is 8.10. The Labute approximate surface area is 75.8 Å². The van der Waals surface area contributed by atoms with E-state index in [1.54, 1.807) is 11.0 Å². The highest BCUT2D eigenvalue weighted by atomic mass is 15.5. The monoisotopic (exact) mass is 177 g/mol. The van der Waals surface area contributed by atoms with Gasteiger partial charge in [0.1, 0.15) is 6.33 Å². The van der Waals surface area contributed by atoms with Crippen LogP contribution in [-0.4, -0.2) is 25.0 Å². The highest BCUT2D eigenvalue weighted by Crippen LogP contribution is 2.12. The van der Waals surface area contributed by atoms with Crippen LogP contribution in [0.3, 0.4) is 0 Å². The Morgan fingerprint density at radius 3 is 2.62 bits per heavy atom. The number of hydrogen-bond donors (Lipinski definition) is 0. The molecule has 68 valence electrons. The second-order valence-electron chi connectivity index (χ2n) is 3.89. The fourth-order valence-electron chi connectivity index (χ4n) is 0.978. The van der Waals surface area contributed by atoms with Crippen LogP contribution < -0.4 is 0 Å². The minimum atomic E-state index is -0.110. The van der Waals surface area contributed by atoms with Crippen molar-refractivity contribution >= 4 is 11.2 Å². The quantitative estimate of drug-likeness (QED) is 0.601. The summed E-state index contributed by atoms with van der Waals surface area (Å²) in [6.07, 6.45) is 3.14. The fraction of sp³-hybridized carbons (Fsp3) is 0.500. The first-order valence-electron chi connectivity index (χ1n) is 4.11. The summed E-state index contributed by atoms with van der Waals surface area (Å²) in [6.45, 7) is 6.12. The Balaban J connectivity index is 2.63. The van der Waals surface area contributed by atoms with Gasteiger partial charge < -0.3 is 0 Å². The molecule has 0 aromatic carbocycles. The van der Waals surface area contributed by atoms with Crippen molar-refractivity contribution in [3.63, 3.8) is 0 Å². The smallest absolute Gasteiger partial charge is 0.204 e. The highest BCUT2D eigenvalue weighted by molar-refractivity contribution is 5.66. The van der Waals surface area contributed by atoms with Crippen LogP contribution >= 0.6 is 0 Å². The van der Waals surface area contributed by atoms with Crippen molar-refractivity contribution in [3.05, 3.63) is 12.5 Å². The van der Waals surface area contributed by atoms with Gasteiger partial charge in [-0.1, -0.05) is 0 Å². The Morgan fingerprint density at radius 1 is 1.23 bits per heavy atom. The Kier molecular flexibility index (Phi) is 1.55. The van der Waals surface area contributed by atoms with Gasteiger partial charge in [-0.05, 0) is 20.8 Å². The van der Waals surface area contributed by atoms with Gasteiger partial charge in [0.05, 0.1) is 11.7 Å². The molecule has 5 nitrogen and oxygen atoms in total. The summed E-state index contributed by atoms with van der Waals surface area (Å²) in [5.41, 5.74) is 1.27. The van der Waals surface area contributed by atoms with Crippen LogP contribution in [0.25, 0.3) is 11.2 Å². The molecule has 0 radical (unpaired) electrons. The number of hydrogen-bond acceptors (Lipinski definition) is 4. The van der Waals surface area contributed by atoms with Crippen molar-refractivity contribution in [2.45, 2.75) is 26.3 Å². The summed E-state index contributed by atoms with van der Waals surface area (Å²) in [4.78, 5) is 9.55. The molecule has 0 saturated carbocycles. The number of nitrogens with zero attached hydrogens (tertiary/aromatic N) is 5. The van der Waals surface area contributed by atoms with Crippen molar-refractivity contribution in [2.75, 3.05) is 0 Å². The first-order chi connectivity index (χ1) is 6.07. The van der Waals surface area contributed by atoms with Crippen LogP contribution in [0, 0.1) is 0 Å². The summed E-state index contributed by atoms with van der Waals surface area (Å²) in [5.74, 6) is 0. The van der Waals surface area contributed by atoms with Gasteiger partial charge in [-0.3, -0.25) is 0 Å². The van der Waals surface area contributed by atoms with Crippen LogP contribution in [-0.2, 0) is 5.54 Å². The highest BCUT2D eigenvalue weighted by Gasteiger charge is 2.16. The molecule has 2 aromatic rings. The largest absolute Gasteiger partial charge is 0.242 e. The maximum Gasteiger partial charge on any atom is 0.204 e.